The molecule has 0 saturated carbocycles. The Labute approximate surface area is 165 Å². The Morgan fingerprint density at radius 3 is 2.89 bits per heavy atom. The third kappa shape index (κ3) is 4.01. The molecule has 6 heteroatoms. The van der Waals surface area contributed by atoms with E-state index in [0.29, 0.717) is 6.42 Å². The van der Waals surface area contributed by atoms with E-state index in [-0.39, 0.29) is 6.42 Å². The van der Waals surface area contributed by atoms with Crippen molar-refractivity contribution in [1.29, 1.82) is 0 Å². The van der Waals surface area contributed by atoms with Crippen molar-refractivity contribution in [3.05, 3.63) is 59.0 Å². The number of hydrogen-bond donors (Lipinski definition) is 1. The maximum absolute atomic E-state index is 10.8. The highest BCUT2D eigenvalue weighted by molar-refractivity contribution is 7.99. The number of aliphatic carboxylic acids is 1. The highest BCUT2D eigenvalue weighted by Crippen LogP contribution is 2.30. The third-order valence-corrected chi connectivity index (χ3v) is 6.59. The Morgan fingerprint density at radius 1 is 1.22 bits per heavy atom. The number of imidazole rings is 1. The van der Waals surface area contributed by atoms with E-state index in [4.69, 9.17) is 10.1 Å². The van der Waals surface area contributed by atoms with Crippen molar-refractivity contribution in [3.63, 3.8) is 0 Å². The minimum Gasteiger partial charge on any atom is -0.481 e. The van der Waals surface area contributed by atoms with Crippen molar-refractivity contribution in [1.82, 2.24) is 9.55 Å². The molecule has 0 aliphatic rings. The summed E-state index contributed by atoms with van der Waals surface area (Å²) in [6, 6.07) is 17.0. The van der Waals surface area contributed by atoms with Crippen molar-refractivity contribution in [2.75, 3.05) is 5.75 Å². The van der Waals surface area contributed by atoms with Gasteiger partial charge in [0.05, 0.1) is 17.6 Å². The van der Waals surface area contributed by atoms with Gasteiger partial charge in [0.15, 0.2) is 5.16 Å². The van der Waals surface area contributed by atoms with Crippen molar-refractivity contribution in [2.24, 2.45) is 0 Å². The maximum Gasteiger partial charge on any atom is 0.303 e. The minimum atomic E-state index is -0.745. The normalized spacial score (nSPS) is 11.4. The van der Waals surface area contributed by atoms with Crippen LogP contribution in [0.3, 0.4) is 0 Å². The van der Waals surface area contributed by atoms with E-state index in [1.54, 1.807) is 11.8 Å². The van der Waals surface area contributed by atoms with E-state index in [1.165, 1.54) is 20.5 Å². The highest BCUT2D eigenvalue weighted by Gasteiger charge is 2.13. The first kappa shape index (κ1) is 18.1. The molecule has 0 bridgehead atoms. The number of nitrogens with zero attached hydrogens (tertiary/aromatic N) is 2. The fourth-order valence-electron chi connectivity index (χ4n) is 3.13. The summed E-state index contributed by atoms with van der Waals surface area (Å²) < 4.78 is 3.56. The van der Waals surface area contributed by atoms with Gasteiger partial charge in [0.1, 0.15) is 0 Å². The lowest BCUT2D eigenvalue weighted by Gasteiger charge is -2.08. The molecule has 4 rings (SSSR count). The number of thioether (sulfide) groups is 1. The van der Waals surface area contributed by atoms with Crippen LogP contribution in [-0.4, -0.2) is 26.4 Å². The lowest BCUT2D eigenvalue weighted by Crippen LogP contribution is -2.01. The van der Waals surface area contributed by atoms with E-state index in [1.807, 2.05) is 11.3 Å². The first-order chi connectivity index (χ1) is 13.1. The summed E-state index contributed by atoms with van der Waals surface area (Å²) in [5.74, 6) is 0.00564. The zero-order valence-corrected chi connectivity index (χ0v) is 16.6. The molecule has 1 N–H and O–H groups in total. The predicted molar refractivity (Wildman–Crippen MR) is 113 cm³/mol. The zero-order valence-electron chi connectivity index (χ0n) is 15.0. The first-order valence-corrected chi connectivity index (χ1v) is 10.7. The van der Waals surface area contributed by atoms with Crippen molar-refractivity contribution >= 4 is 50.2 Å². The van der Waals surface area contributed by atoms with Crippen LogP contribution in [0.25, 0.3) is 21.1 Å². The van der Waals surface area contributed by atoms with Crippen LogP contribution < -0.4 is 0 Å². The molecule has 0 aliphatic carbocycles. The number of fused-ring (bicyclic) bond motifs is 2. The molecule has 0 fully saturated rings. The number of carbonyl (C=O) groups is 1. The van der Waals surface area contributed by atoms with Crippen LogP contribution in [0.2, 0.25) is 0 Å². The molecule has 2 heterocycles. The molecule has 138 valence electrons. The number of hydrogen-bond acceptors (Lipinski definition) is 4. The van der Waals surface area contributed by atoms with Gasteiger partial charge < -0.3 is 9.67 Å². The molecule has 0 aliphatic heterocycles. The van der Waals surface area contributed by atoms with Gasteiger partial charge in [-0.15, -0.1) is 11.3 Å². The average Bonchev–Trinajstić information content (AvgIpc) is 3.20. The predicted octanol–water partition coefficient (Wildman–Crippen LogP) is 5.56. The van der Waals surface area contributed by atoms with Gasteiger partial charge in [-0.3, -0.25) is 4.79 Å². The van der Waals surface area contributed by atoms with E-state index in [2.05, 4.69) is 60.0 Å². The van der Waals surface area contributed by atoms with Crippen molar-refractivity contribution in [2.45, 2.75) is 31.5 Å². The molecular weight excluding hydrogens is 376 g/mol. The molecule has 0 amide bonds. The molecule has 2 aromatic carbocycles. The molecule has 0 radical (unpaired) electrons. The summed E-state index contributed by atoms with van der Waals surface area (Å²) >= 11 is 3.45. The van der Waals surface area contributed by atoms with Gasteiger partial charge in [-0.1, -0.05) is 36.0 Å². The van der Waals surface area contributed by atoms with Gasteiger partial charge in [-0.05, 0) is 48.6 Å². The number of thiophene rings is 1. The SMILES string of the molecule is Cc1ccc2nc(SCCCC(=O)O)n(Cc3cc4ccccc4s3)c2c1. The number of carboxylic acids is 1. The second-order valence-corrected chi connectivity index (χ2v) is 8.80. The Balaban J connectivity index is 1.66. The Hall–Kier alpha value is -2.31. The summed E-state index contributed by atoms with van der Waals surface area (Å²) in [6.45, 7) is 2.87. The Kier molecular flexibility index (Phi) is 5.18. The molecule has 2 aromatic heterocycles. The van der Waals surface area contributed by atoms with Crippen LogP contribution in [0, 0.1) is 6.92 Å². The van der Waals surface area contributed by atoms with Crippen LogP contribution in [0.5, 0.6) is 0 Å². The van der Waals surface area contributed by atoms with E-state index in [9.17, 15) is 4.79 Å². The standard InChI is InChI=1S/C21H20N2O2S2/c1-14-8-9-17-18(11-14)23(21(22-17)26-10-4-7-20(24)25)13-16-12-15-5-2-3-6-19(15)27-16/h2-3,5-6,8-9,11-12H,4,7,10,13H2,1H3,(H,24,25). The molecule has 0 atom stereocenters. The van der Waals surface area contributed by atoms with Gasteiger partial charge in [0, 0.05) is 21.8 Å². The maximum atomic E-state index is 10.8. The lowest BCUT2D eigenvalue weighted by molar-refractivity contribution is -0.137. The molecule has 0 saturated heterocycles. The Bertz CT molecular complexity index is 1080. The molecule has 4 aromatic rings. The van der Waals surface area contributed by atoms with Gasteiger partial charge >= 0.3 is 5.97 Å². The molecule has 0 unspecified atom stereocenters. The summed E-state index contributed by atoms with van der Waals surface area (Å²) in [4.78, 5) is 16.9. The average molecular weight is 397 g/mol. The number of carboxylic acid groups (broad SMARTS) is 1. The third-order valence-electron chi connectivity index (χ3n) is 4.43. The molecular formula is C21H20N2O2S2. The Morgan fingerprint density at radius 2 is 2.07 bits per heavy atom. The van der Waals surface area contributed by atoms with Crippen LogP contribution in [0.15, 0.2) is 53.7 Å². The molecule has 27 heavy (non-hydrogen) atoms. The fraction of sp³-hybridized carbons (Fsp3) is 0.238. The lowest BCUT2D eigenvalue weighted by atomic mass is 10.2. The van der Waals surface area contributed by atoms with Crippen LogP contribution in [0.1, 0.15) is 23.3 Å². The zero-order chi connectivity index (χ0) is 18.8. The molecule has 4 nitrogen and oxygen atoms in total. The smallest absolute Gasteiger partial charge is 0.303 e. The quantitative estimate of drug-likeness (QED) is 0.328. The van der Waals surface area contributed by atoms with Gasteiger partial charge in [-0.2, -0.15) is 0 Å². The number of aryl methyl sites for hydroxylation is 1. The monoisotopic (exact) mass is 396 g/mol. The van der Waals surface area contributed by atoms with Crippen molar-refractivity contribution < 1.29 is 9.90 Å². The van der Waals surface area contributed by atoms with Crippen LogP contribution in [0.4, 0.5) is 0 Å². The highest BCUT2D eigenvalue weighted by atomic mass is 32.2. The fourth-order valence-corrected chi connectivity index (χ4v) is 5.14. The summed E-state index contributed by atoms with van der Waals surface area (Å²) in [7, 11) is 0. The van der Waals surface area contributed by atoms with Gasteiger partial charge in [0.25, 0.3) is 0 Å². The number of benzene rings is 2. The van der Waals surface area contributed by atoms with Crippen LogP contribution in [-0.2, 0) is 11.3 Å². The summed E-state index contributed by atoms with van der Waals surface area (Å²) in [5.41, 5.74) is 3.33. The summed E-state index contributed by atoms with van der Waals surface area (Å²) in [5, 5.41) is 11.1. The van der Waals surface area contributed by atoms with E-state index >= 15 is 0 Å². The van der Waals surface area contributed by atoms with Gasteiger partial charge in [-0.25, -0.2) is 4.98 Å². The van der Waals surface area contributed by atoms with Crippen molar-refractivity contribution in [3.8, 4) is 0 Å². The van der Waals surface area contributed by atoms with E-state index < -0.39 is 5.97 Å². The van der Waals surface area contributed by atoms with E-state index in [0.717, 1.165) is 28.5 Å². The minimum absolute atomic E-state index is 0.197. The topological polar surface area (TPSA) is 55.1 Å². The first-order valence-electron chi connectivity index (χ1n) is 8.89. The molecule has 0 spiro atoms. The second kappa shape index (κ2) is 7.74. The number of aromatic nitrogens is 2. The van der Waals surface area contributed by atoms with Gasteiger partial charge in [0.2, 0.25) is 0 Å². The van der Waals surface area contributed by atoms with Crippen LogP contribution >= 0.6 is 23.1 Å². The largest absolute Gasteiger partial charge is 0.481 e. The number of rotatable bonds is 7. The second-order valence-electron chi connectivity index (χ2n) is 6.57. The summed E-state index contributed by atoms with van der Waals surface area (Å²) in [6.07, 6.45) is 0.841.